The number of para-hydroxylation sites is 2. The van der Waals surface area contributed by atoms with E-state index in [1.165, 1.54) is 9.80 Å². The first-order chi connectivity index (χ1) is 35.0. The molecule has 7 aromatic rings. The number of benzene rings is 7. The second kappa shape index (κ2) is 20.2. The summed E-state index contributed by atoms with van der Waals surface area (Å²) < 4.78 is 0. The van der Waals surface area contributed by atoms with Crippen molar-refractivity contribution in [2.24, 2.45) is 0 Å². The predicted octanol–water partition coefficient (Wildman–Crippen LogP) is 12.2. The Balaban J connectivity index is 1.52. The van der Waals surface area contributed by atoms with Crippen LogP contribution in [0.4, 0.5) is 11.4 Å². The molecule has 0 radical (unpaired) electrons. The maximum atomic E-state index is 15.9. The lowest BCUT2D eigenvalue weighted by molar-refractivity contribution is 0.0877. The number of carbonyl (C=O) groups is 4. The van der Waals surface area contributed by atoms with Crippen molar-refractivity contribution >= 4 is 78.1 Å². The predicted molar refractivity (Wildman–Crippen MR) is 308 cm³/mol. The van der Waals surface area contributed by atoms with Crippen LogP contribution in [0.15, 0.2) is 60.7 Å². The van der Waals surface area contributed by atoms with Crippen molar-refractivity contribution in [3.8, 4) is 0 Å². The van der Waals surface area contributed by atoms with Crippen molar-refractivity contribution in [2.45, 2.75) is 105 Å². The molecular weight excluding hydrogens is 917 g/mol. The van der Waals surface area contributed by atoms with Crippen molar-refractivity contribution in [2.75, 3.05) is 92.4 Å². The van der Waals surface area contributed by atoms with Crippen molar-refractivity contribution in [3.63, 3.8) is 0 Å². The molecule has 0 fully saturated rings. The number of carbonyl (C=O) groups excluding carboxylic acids is 4. The number of imide groups is 2. The normalized spacial score (nSPS) is 14.3. The molecule has 0 unspecified atom stereocenters. The Labute approximate surface area is 439 Å². The zero-order chi connectivity index (χ0) is 53.5. The number of rotatable bonds is 18. The van der Waals surface area contributed by atoms with E-state index in [2.05, 4.69) is 180 Å². The van der Waals surface area contributed by atoms with Crippen LogP contribution in [0.2, 0.25) is 0 Å². The second-order valence-corrected chi connectivity index (χ2v) is 23.6. The third-order valence-electron chi connectivity index (χ3n) is 15.8. The largest absolute Gasteiger partial charge is 0.309 e. The minimum atomic E-state index is -0.308. The SMILES string of the molecule is CC(C)c1cccc(C(C)C)c1N1C(=O)c2cc(CCN(C)C)c3c4c(CCN(C)C)cc5c6c(cc(CCN(C)C)c(c7c(CCN(C)C)cc(c2c37)C1=O)c64)C(=O)N(c1c(C(C)C)cccc1C(C)C)C5=O. The van der Waals surface area contributed by atoms with Crippen LogP contribution in [0, 0.1) is 0 Å². The van der Waals surface area contributed by atoms with E-state index >= 15 is 19.2 Å². The number of amides is 4. The molecule has 0 aliphatic carbocycles. The molecule has 4 amide bonds. The highest BCUT2D eigenvalue weighted by atomic mass is 16.2. The number of fused-ring (bicyclic) bond motifs is 2. The van der Waals surface area contributed by atoms with E-state index in [4.69, 9.17) is 0 Å². The van der Waals surface area contributed by atoms with Crippen molar-refractivity contribution in [3.05, 3.63) is 127 Å². The molecule has 10 heteroatoms. The van der Waals surface area contributed by atoms with Crippen LogP contribution in [0.25, 0.3) is 43.1 Å². The molecule has 7 aromatic carbocycles. The Hall–Kier alpha value is -6.04. The monoisotopic (exact) mass is 995 g/mol. The molecule has 388 valence electrons. The second-order valence-electron chi connectivity index (χ2n) is 23.6. The van der Waals surface area contributed by atoms with Crippen LogP contribution in [0.1, 0.15) is 165 Å². The van der Waals surface area contributed by atoms with Crippen LogP contribution in [-0.2, 0) is 25.7 Å². The summed E-state index contributed by atoms with van der Waals surface area (Å²) in [6.07, 6.45) is 2.49. The summed E-state index contributed by atoms with van der Waals surface area (Å²) in [4.78, 5) is 75.3. The van der Waals surface area contributed by atoms with Crippen LogP contribution in [-0.4, -0.2) is 126 Å². The van der Waals surface area contributed by atoms with Gasteiger partial charge in [-0.05, 0) is 207 Å². The first-order valence-corrected chi connectivity index (χ1v) is 27.0. The molecule has 74 heavy (non-hydrogen) atoms. The Morgan fingerprint density at radius 3 is 0.743 bits per heavy atom. The molecule has 2 heterocycles. The topological polar surface area (TPSA) is 87.7 Å². The highest BCUT2D eigenvalue weighted by molar-refractivity contribution is 6.47. The van der Waals surface area contributed by atoms with Crippen LogP contribution < -0.4 is 9.80 Å². The Morgan fingerprint density at radius 2 is 0.554 bits per heavy atom. The number of hydrogen-bond donors (Lipinski definition) is 0. The summed E-state index contributed by atoms with van der Waals surface area (Å²) in [5.41, 5.74) is 11.4. The van der Waals surface area contributed by atoms with Gasteiger partial charge in [0.05, 0.1) is 11.4 Å². The van der Waals surface area contributed by atoms with Crippen LogP contribution >= 0.6 is 0 Å². The molecule has 0 N–H and O–H groups in total. The van der Waals surface area contributed by atoms with E-state index in [0.717, 1.165) is 76.8 Å². The van der Waals surface area contributed by atoms with Gasteiger partial charge in [0.15, 0.2) is 0 Å². The fourth-order valence-corrected chi connectivity index (χ4v) is 12.1. The number of anilines is 2. The maximum Gasteiger partial charge on any atom is 0.266 e. The minimum absolute atomic E-state index is 0.0557. The number of likely N-dealkylation sites (N-methyl/N-ethyl adjacent to an activating group) is 4. The Bertz CT molecular complexity index is 2980. The lowest BCUT2D eigenvalue weighted by Gasteiger charge is -2.35. The molecule has 0 spiro atoms. The quantitative estimate of drug-likeness (QED) is 0.0477. The molecule has 0 saturated carbocycles. The summed E-state index contributed by atoms with van der Waals surface area (Å²) in [5, 5.41) is 7.27. The van der Waals surface area contributed by atoms with Gasteiger partial charge in [-0.3, -0.25) is 19.2 Å². The van der Waals surface area contributed by atoms with Crippen molar-refractivity contribution < 1.29 is 19.2 Å². The fraction of sp³-hybridized carbons (Fsp3) is 0.438. The van der Waals surface area contributed by atoms with Gasteiger partial charge < -0.3 is 19.6 Å². The fourth-order valence-electron chi connectivity index (χ4n) is 12.1. The van der Waals surface area contributed by atoms with Crippen molar-refractivity contribution in [1.29, 1.82) is 0 Å². The molecule has 0 aromatic heterocycles. The van der Waals surface area contributed by atoms with Gasteiger partial charge in [-0.2, -0.15) is 0 Å². The first kappa shape index (κ1) is 52.8. The van der Waals surface area contributed by atoms with Gasteiger partial charge in [0.1, 0.15) is 0 Å². The summed E-state index contributed by atoms with van der Waals surface area (Å²) in [5.74, 6) is -1.01. The molecule has 9 rings (SSSR count). The van der Waals surface area contributed by atoms with Gasteiger partial charge in [-0.1, -0.05) is 91.8 Å². The van der Waals surface area contributed by atoms with Crippen molar-refractivity contribution in [1.82, 2.24) is 19.6 Å². The summed E-state index contributed by atoms with van der Waals surface area (Å²) >= 11 is 0. The summed E-state index contributed by atoms with van der Waals surface area (Å²) in [7, 11) is 16.6. The molecule has 0 atom stereocenters. The van der Waals surface area contributed by atoms with Gasteiger partial charge in [0, 0.05) is 59.2 Å². The number of nitrogens with zero attached hydrogens (tertiary/aromatic N) is 6. The van der Waals surface area contributed by atoms with Crippen LogP contribution in [0.5, 0.6) is 0 Å². The van der Waals surface area contributed by atoms with E-state index in [0.29, 0.717) is 96.3 Å². The Morgan fingerprint density at radius 1 is 0.338 bits per heavy atom. The third kappa shape index (κ3) is 8.79. The van der Waals surface area contributed by atoms with Gasteiger partial charge in [0.25, 0.3) is 23.6 Å². The molecule has 0 saturated heterocycles. The van der Waals surface area contributed by atoms with Gasteiger partial charge in [0.2, 0.25) is 0 Å². The van der Waals surface area contributed by atoms with E-state index in [1.54, 1.807) is 0 Å². The summed E-state index contributed by atoms with van der Waals surface area (Å²) in [6, 6.07) is 20.7. The molecule has 0 bridgehead atoms. The molecule has 2 aliphatic rings. The van der Waals surface area contributed by atoms with Gasteiger partial charge in [-0.25, -0.2) is 9.80 Å². The average Bonchev–Trinajstić information content (AvgIpc) is 3.34. The minimum Gasteiger partial charge on any atom is -0.309 e. The van der Waals surface area contributed by atoms with E-state index < -0.39 is 0 Å². The van der Waals surface area contributed by atoms with Crippen LogP contribution in [0.3, 0.4) is 0 Å². The average molecular weight is 995 g/mol. The lowest BCUT2D eigenvalue weighted by atomic mass is 9.75. The molecular formula is C64H78N6O4. The van der Waals surface area contributed by atoms with Gasteiger partial charge in [-0.15, -0.1) is 0 Å². The zero-order valence-electron chi connectivity index (χ0n) is 47.1. The first-order valence-electron chi connectivity index (χ1n) is 27.0. The number of hydrogen-bond acceptors (Lipinski definition) is 8. The zero-order valence-corrected chi connectivity index (χ0v) is 47.1. The Kier molecular flexibility index (Phi) is 14.4. The molecule has 2 aliphatic heterocycles. The molecule has 10 nitrogen and oxygen atoms in total. The maximum absolute atomic E-state index is 15.9. The van der Waals surface area contributed by atoms with Gasteiger partial charge >= 0.3 is 0 Å². The standard InChI is InChI=1S/C64H78N6O4/c1-35(2)43-19-17-20-44(36(3)4)59(43)69-61(71)47-31-39(23-27-65(9)10)51-53-41(25-29-67(13)14)33-49-56-50(64(74)70(63(49)73)60-45(37(5)6)21-18-22-46(60)38(7)8)34-42(26-30-68(15)16)54(58(53)56)52-40(24-28-66(11)12)32-48(62(69)72)55(47)57(51)52/h17-22,31-38H,23-30H2,1-16H3. The smallest absolute Gasteiger partial charge is 0.266 e. The third-order valence-corrected chi connectivity index (χ3v) is 15.8. The van der Waals surface area contributed by atoms with E-state index in [1.807, 2.05) is 12.1 Å². The highest BCUT2D eigenvalue weighted by Gasteiger charge is 2.43. The lowest BCUT2D eigenvalue weighted by Crippen LogP contribution is -2.42. The highest BCUT2D eigenvalue weighted by Crippen LogP contribution is 2.53. The summed E-state index contributed by atoms with van der Waals surface area (Å²) in [6.45, 7) is 19.8. The van der Waals surface area contributed by atoms with E-state index in [-0.39, 0.29) is 47.3 Å². The van der Waals surface area contributed by atoms with E-state index in [9.17, 15) is 0 Å².